The Kier molecular flexibility index (Phi) is 4.87. The molecule has 1 aromatic heterocycles. The van der Waals surface area contributed by atoms with E-state index in [0.29, 0.717) is 27.8 Å². The second-order valence-electron chi connectivity index (χ2n) is 6.47. The number of para-hydroxylation sites is 1. The van der Waals surface area contributed by atoms with E-state index < -0.39 is 10.0 Å². The van der Waals surface area contributed by atoms with Crippen molar-refractivity contribution in [2.24, 2.45) is 5.14 Å². The van der Waals surface area contributed by atoms with Crippen molar-refractivity contribution in [1.29, 1.82) is 0 Å². The monoisotopic (exact) mass is 424 g/mol. The highest BCUT2D eigenvalue weighted by Gasteiger charge is 2.20. The third-order valence-electron chi connectivity index (χ3n) is 4.46. The zero-order valence-corrected chi connectivity index (χ0v) is 16.7. The molecule has 0 spiro atoms. The fourth-order valence-corrected chi connectivity index (χ4v) is 3.90. The number of nitrogens with two attached hydrogens (primary N) is 2. The Labute approximate surface area is 173 Å². The summed E-state index contributed by atoms with van der Waals surface area (Å²) in [7, 11) is -3.95. The zero-order valence-electron chi connectivity index (χ0n) is 15.2. The quantitative estimate of drug-likeness (QED) is 0.481. The maximum absolute atomic E-state index is 12.1. The Hall–Kier alpha value is -3.13. The van der Waals surface area contributed by atoms with E-state index in [-0.39, 0.29) is 4.90 Å². The van der Waals surface area contributed by atoms with E-state index in [2.05, 4.69) is 5.10 Å². The lowest BCUT2D eigenvalue weighted by Gasteiger charge is -2.11. The maximum Gasteiger partial charge on any atom is 0.240 e. The number of rotatable bonds is 4. The van der Waals surface area contributed by atoms with Gasteiger partial charge in [-0.3, -0.25) is 0 Å². The van der Waals surface area contributed by atoms with Gasteiger partial charge in [-0.1, -0.05) is 48.0 Å². The van der Waals surface area contributed by atoms with Crippen LogP contribution in [0.4, 0.5) is 5.69 Å². The summed E-state index contributed by atoms with van der Waals surface area (Å²) in [5.41, 5.74) is 9.83. The molecule has 0 aliphatic rings. The Bertz CT molecular complexity index is 1280. The van der Waals surface area contributed by atoms with Crippen molar-refractivity contribution in [1.82, 2.24) is 9.78 Å². The van der Waals surface area contributed by atoms with Crippen LogP contribution in [0.3, 0.4) is 0 Å². The molecule has 0 atom stereocenters. The molecule has 4 N–H and O–H groups in total. The van der Waals surface area contributed by atoms with Crippen molar-refractivity contribution in [3.8, 4) is 28.2 Å². The number of halogens is 1. The van der Waals surface area contributed by atoms with Crippen molar-refractivity contribution in [3.63, 3.8) is 0 Å². The highest BCUT2D eigenvalue weighted by molar-refractivity contribution is 7.89. The van der Waals surface area contributed by atoms with Gasteiger partial charge in [0.25, 0.3) is 0 Å². The molecule has 0 saturated heterocycles. The maximum atomic E-state index is 12.1. The third kappa shape index (κ3) is 3.88. The van der Waals surface area contributed by atoms with Gasteiger partial charge in [-0.15, -0.1) is 0 Å². The van der Waals surface area contributed by atoms with Crippen molar-refractivity contribution < 1.29 is 8.42 Å². The summed E-state index contributed by atoms with van der Waals surface area (Å²) in [4.78, 5) is -0.0119. The van der Waals surface area contributed by atoms with E-state index in [1.165, 1.54) is 6.07 Å². The number of hydrogen-bond acceptors (Lipinski definition) is 4. The number of nitrogen functional groups attached to an aromatic ring is 1. The molecule has 0 aliphatic carbocycles. The fraction of sp³-hybridized carbons (Fsp3) is 0. The summed E-state index contributed by atoms with van der Waals surface area (Å²) in [6, 6.07) is 22.9. The van der Waals surface area contributed by atoms with Gasteiger partial charge in [0.2, 0.25) is 10.0 Å². The van der Waals surface area contributed by atoms with Crippen LogP contribution < -0.4 is 10.9 Å². The van der Waals surface area contributed by atoms with Crippen LogP contribution in [-0.4, -0.2) is 18.2 Å². The molecule has 146 valence electrons. The number of primary sulfonamides is 1. The lowest BCUT2D eigenvalue weighted by Crippen LogP contribution is -2.16. The van der Waals surface area contributed by atoms with Crippen LogP contribution in [0.1, 0.15) is 0 Å². The zero-order chi connectivity index (χ0) is 20.6. The van der Waals surface area contributed by atoms with Crippen molar-refractivity contribution in [2.45, 2.75) is 4.90 Å². The fourth-order valence-electron chi connectivity index (χ4n) is 3.06. The SMILES string of the molecule is Nc1ccc(-c2cc(-c3ccc(Cl)cc3)n(-c3ccccc3S(N)(=O)=O)n2)cc1. The average Bonchev–Trinajstić information content (AvgIpc) is 3.14. The highest BCUT2D eigenvalue weighted by atomic mass is 35.5. The first-order valence-corrected chi connectivity index (χ1v) is 10.6. The molecule has 6 nitrogen and oxygen atoms in total. The lowest BCUT2D eigenvalue weighted by molar-refractivity contribution is 0.596. The topological polar surface area (TPSA) is 104 Å². The van der Waals surface area contributed by atoms with E-state index in [1.54, 1.807) is 47.1 Å². The Morgan fingerprint density at radius 3 is 2.14 bits per heavy atom. The first-order chi connectivity index (χ1) is 13.8. The standard InChI is InChI=1S/C21H17ClN4O2S/c22-16-9-5-15(6-10-16)20-13-18(14-7-11-17(23)12-8-14)25-26(20)19-3-1-2-4-21(19)29(24,27)28/h1-13H,23H2,(H2,24,27,28). The summed E-state index contributed by atoms with van der Waals surface area (Å²) in [5, 5.41) is 10.7. The molecule has 8 heteroatoms. The minimum atomic E-state index is -3.95. The predicted molar refractivity (Wildman–Crippen MR) is 115 cm³/mol. The van der Waals surface area contributed by atoms with Gasteiger partial charge in [-0.05, 0) is 42.5 Å². The largest absolute Gasteiger partial charge is 0.399 e. The minimum absolute atomic E-state index is 0.0119. The molecule has 1 heterocycles. The average molecular weight is 425 g/mol. The first kappa shape index (κ1) is 19.2. The van der Waals surface area contributed by atoms with E-state index in [9.17, 15) is 8.42 Å². The molecule has 0 bridgehead atoms. The summed E-state index contributed by atoms with van der Waals surface area (Å²) < 4.78 is 25.9. The molecular formula is C21H17ClN4O2S. The second-order valence-corrected chi connectivity index (χ2v) is 8.43. The number of benzene rings is 3. The van der Waals surface area contributed by atoms with Gasteiger partial charge in [0.1, 0.15) is 4.90 Å². The normalized spacial score (nSPS) is 11.5. The molecule has 0 aliphatic heterocycles. The van der Waals surface area contributed by atoms with Crippen molar-refractivity contribution >= 4 is 27.3 Å². The van der Waals surface area contributed by atoms with Crippen LogP contribution >= 0.6 is 11.6 Å². The van der Waals surface area contributed by atoms with Gasteiger partial charge < -0.3 is 5.73 Å². The molecule has 0 radical (unpaired) electrons. The molecule has 0 unspecified atom stereocenters. The first-order valence-electron chi connectivity index (χ1n) is 8.67. The van der Waals surface area contributed by atoms with Gasteiger partial charge in [0.05, 0.1) is 17.1 Å². The Balaban J connectivity index is 1.98. The number of nitrogens with zero attached hydrogens (tertiary/aromatic N) is 2. The molecular weight excluding hydrogens is 408 g/mol. The van der Waals surface area contributed by atoms with E-state index >= 15 is 0 Å². The molecule has 0 amide bonds. The molecule has 0 saturated carbocycles. The number of aromatic nitrogens is 2. The second kappa shape index (κ2) is 7.36. The van der Waals surface area contributed by atoms with Crippen LogP contribution in [0.5, 0.6) is 0 Å². The minimum Gasteiger partial charge on any atom is -0.399 e. The highest BCUT2D eigenvalue weighted by Crippen LogP contribution is 2.31. The van der Waals surface area contributed by atoms with E-state index in [4.69, 9.17) is 22.5 Å². The molecule has 29 heavy (non-hydrogen) atoms. The summed E-state index contributed by atoms with van der Waals surface area (Å²) in [5.74, 6) is 0. The van der Waals surface area contributed by atoms with Crippen LogP contribution in [-0.2, 0) is 10.0 Å². The van der Waals surface area contributed by atoms with Gasteiger partial charge in [0.15, 0.2) is 0 Å². The Morgan fingerprint density at radius 1 is 0.862 bits per heavy atom. The van der Waals surface area contributed by atoms with Crippen LogP contribution in [0.2, 0.25) is 5.02 Å². The summed E-state index contributed by atoms with van der Waals surface area (Å²) >= 11 is 6.03. The van der Waals surface area contributed by atoms with Gasteiger partial charge in [-0.25, -0.2) is 18.2 Å². The molecule has 3 aromatic carbocycles. The van der Waals surface area contributed by atoms with E-state index in [1.807, 2.05) is 30.3 Å². The smallest absolute Gasteiger partial charge is 0.240 e. The van der Waals surface area contributed by atoms with Crippen LogP contribution in [0, 0.1) is 0 Å². The van der Waals surface area contributed by atoms with Gasteiger partial charge in [0, 0.05) is 21.8 Å². The number of anilines is 1. The number of sulfonamides is 1. The lowest BCUT2D eigenvalue weighted by atomic mass is 10.1. The molecule has 4 rings (SSSR count). The van der Waals surface area contributed by atoms with Gasteiger partial charge >= 0.3 is 0 Å². The Morgan fingerprint density at radius 2 is 1.48 bits per heavy atom. The number of hydrogen-bond donors (Lipinski definition) is 2. The van der Waals surface area contributed by atoms with Crippen LogP contribution in [0.15, 0.2) is 83.8 Å². The van der Waals surface area contributed by atoms with Crippen molar-refractivity contribution in [3.05, 3.63) is 83.9 Å². The van der Waals surface area contributed by atoms with Crippen LogP contribution in [0.25, 0.3) is 28.2 Å². The van der Waals surface area contributed by atoms with Crippen molar-refractivity contribution in [2.75, 3.05) is 5.73 Å². The third-order valence-corrected chi connectivity index (χ3v) is 5.67. The summed E-state index contributed by atoms with van der Waals surface area (Å²) in [6.45, 7) is 0. The summed E-state index contributed by atoms with van der Waals surface area (Å²) in [6.07, 6.45) is 0. The van der Waals surface area contributed by atoms with Gasteiger partial charge in [-0.2, -0.15) is 5.10 Å². The molecule has 4 aromatic rings. The van der Waals surface area contributed by atoms with E-state index in [0.717, 1.165) is 11.1 Å². The predicted octanol–water partition coefficient (Wildman–Crippen LogP) is 4.09. The molecule has 0 fully saturated rings.